The number of amides is 2. The molecule has 2 amide bonds. The highest BCUT2D eigenvalue weighted by Gasteiger charge is 2.54. The quantitative estimate of drug-likeness (QED) is 0.575. The Bertz CT molecular complexity index is 1220. The molecular weight excluding hydrogens is 418 g/mol. The van der Waals surface area contributed by atoms with Crippen LogP contribution in [0.15, 0.2) is 63.3 Å². The fraction of sp³-hybridized carbons (Fsp3) is 0.227. The molecule has 0 spiro atoms. The van der Waals surface area contributed by atoms with Crippen molar-refractivity contribution in [3.05, 3.63) is 70.6 Å². The van der Waals surface area contributed by atoms with Crippen LogP contribution in [-0.4, -0.2) is 33.9 Å². The maximum absolute atomic E-state index is 13.1. The van der Waals surface area contributed by atoms with E-state index in [9.17, 15) is 9.59 Å². The molecule has 3 aromatic rings. The Morgan fingerprint density at radius 2 is 1.84 bits per heavy atom. The zero-order valence-electron chi connectivity index (χ0n) is 16.8. The number of carbonyl (C=O) groups is 2. The number of hydrogen-bond donors (Lipinski definition) is 0. The van der Waals surface area contributed by atoms with Gasteiger partial charge in [-0.2, -0.15) is 5.11 Å². The molecule has 156 valence electrons. The Hall–Kier alpha value is -3.52. The van der Waals surface area contributed by atoms with Gasteiger partial charge >= 0.3 is 0 Å². The third-order valence-corrected chi connectivity index (χ3v) is 5.66. The van der Waals surface area contributed by atoms with E-state index in [4.69, 9.17) is 16.0 Å². The summed E-state index contributed by atoms with van der Waals surface area (Å²) in [6.07, 6.45) is 0. The molecule has 2 atom stereocenters. The topological polar surface area (TPSA) is 91.4 Å². The molecule has 8 nitrogen and oxygen atoms in total. The van der Waals surface area contributed by atoms with Crippen LogP contribution in [0.25, 0.3) is 11.5 Å². The minimum atomic E-state index is -0.879. The van der Waals surface area contributed by atoms with E-state index in [-0.39, 0.29) is 12.5 Å². The molecular formula is C22H18ClN5O3. The van der Waals surface area contributed by atoms with Gasteiger partial charge in [0, 0.05) is 10.6 Å². The molecule has 1 fully saturated rings. The molecule has 1 aromatic heterocycles. The van der Waals surface area contributed by atoms with Crippen molar-refractivity contribution in [1.29, 1.82) is 0 Å². The van der Waals surface area contributed by atoms with Crippen molar-refractivity contribution >= 4 is 29.1 Å². The lowest BCUT2D eigenvalue weighted by atomic mass is 10.1. The number of nitrogens with zero attached hydrogens (tertiary/aromatic N) is 5. The first kappa shape index (κ1) is 19.4. The Morgan fingerprint density at radius 1 is 1.06 bits per heavy atom. The predicted molar refractivity (Wildman–Crippen MR) is 113 cm³/mol. The van der Waals surface area contributed by atoms with Crippen LogP contribution in [0.1, 0.15) is 17.0 Å². The molecule has 0 bridgehead atoms. The largest absolute Gasteiger partial charge is 0.441 e. The third-order valence-electron chi connectivity index (χ3n) is 5.43. The fourth-order valence-corrected chi connectivity index (χ4v) is 3.96. The number of carbonyl (C=O) groups excluding carboxylic acids is 2. The number of aromatic nitrogens is 1. The molecule has 2 aromatic carbocycles. The monoisotopic (exact) mass is 435 g/mol. The van der Waals surface area contributed by atoms with Crippen LogP contribution in [0.2, 0.25) is 5.02 Å². The van der Waals surface area contributed by atoms with E-state index in [2.05, 4.69) is 15.3 Å². The number of imide groups is 1. The summed E-state index contributed by atoms with van der Waals surface area (Å²) in [6.45, 7) is 4.02. The lowest BCUT2D eigenvalue weighted by Gasteiger charge is -2.20. The van der Waals surface area contributed by atoms with Gasteiger partial charge in [0.05, 0.1) is 12.2 Å². The number of halogens is 1. The highest BCUT2D eigenvalue weighted by atomic mass is 35.5. The minimum absolute atomic E-state index is 0.203. The minimum Gasteiger partial charge on any atom is -0.441 e. The average molecular weight is 436 g/mol. The molecule has 31 heavy (non-hydrogen) atoms. The van der Waals surface area contributed by atoms with Gasteiger partial charge in [0.25, 0.3) is 11.8 Å². The highest BCUT2D eigenvalue weighted by Crippen LogP contribution is 2.34. The number of anilines is 1. The fourth-order valence-electron chi connectivity index (χ4n) is 3.77. The Balaban J connectivity index is 1.40. The molecule has 2 aliphatic rings. The number of aryl methyl sites for hydroxylation is 2. The van der Waals surface area contributed by atoms with Crippen molar-refractivity contribution < 1.29 is 14.0 Å². The van der Waals surface area contributed by atoms with E-state index in [1.54, 1.807) is 24.3 Å². The van der Waals surface area contributed by atoms with Gasteiger partial charge in [-0.3, -0.25) is 14.6 Å². The van der Waals surface area contributed by atoms with Gasteiger partial charge in [0.15, 0.2) is 12.1 Å². The molecule has 0 N–H and O–H groups in total. The second-order valence-electron chi connectivity index (χ2n) is 7.57. The summed E-state index contributed by atoms with van der Waals surface area (Å²) in [5.74, 6) is 0.315. The van der Waals surface area contributed by atoms with Crippen LogP contribution in [0.4, 0.5) is 5.69 Å². The van der Waals surface area contributed by atoms with E-state index in [1.165, 1.54) is 5.01 Å². The van der Waals surface area contributed by atoms with Gasteiger partial charge in [0.2, 0.25) is 5.89 Å². The van der Waals surface area contributed by atoms with Gasteiger partial charge in [-0.1, -0.05) is 40.6 Å². The first-order valence-corrected chi connectivity index (χ1v) is 10.1. The first-order valence-electron chi connectivity index (χ1n) is 9.76. The summed E-state index contributed by atoms with van der Waals surface area (Å²) in [7, 11) is 0. The van der Waals surface area contributed by atoms with E-state index in [0.717, 1.165) is 16.0 Å². The summed E-state index contributed by atoms with van der Waals surface area (Å²) in [6, 6.07) is 12.8. The Kier molecular flexibility index (Phi) is 4.59. The van der Waals surface area contributed by atoms with Crippen LogP contribution in [0.5, 0.6) is 0 Å². The summed E-state index contributed by atoms with van der Waals surface area (Å²) < 4.78 is 5.83. The number of fused-ring (bicyclic) bond motifs is 1. The maximum Gasteiger partial charge on any atom is 0.263 e. The second-order valence-corrected chi connectivity index (χ2v) is 8.01. The SMILES string of the molecule is Cc1ccc(-c2nc(CN3N=N[C@@H]4C(=O)N(c5cccc(Cl)c5)C(=O)[C@H]43)c(C)o2)cc1. The van der Waals surface area contributed by atoms with Crippen molar-refractivity contribution in [3.63, 3.8) is 0 Å². The number of hydrogen-bond acceptors (Lipinski definition) is 7. The second kappa shape index (κ2) is 7.31. The van der Waals surface area contributed by atoms with Crippen LogP contribution in [0, 0.1) is 13.8 Å². The third kappa shape index (κ3) is 3.29. The molecule has 2 aliphatic heterocycles. The normalized spacial score (nSPS) is 20.1. The van der Waals surface area contributed by atoms with E-state index >= 15 is 0 Å². The lowest BCUT2D eigenvalue weighted by molar-refractivity contribution is -0.123. The molecule has 0 aliphatic carbocycles. The van der Waals surface area contributed by atoms with Gasteiger partial charge in [-0.15, -0.1) is 0 Å². The van der Waals surface area contributed by atoms with Crippen molar-refractivity contribution in [2.45, 2.75) is 32.5 Å². The smallest absolute Gasteiger partial charge is 0.263 e. The van der Waals surface area contributed by atoms with Gasteiger partial charge in [-0.05, 0) is 44.2 Å². The molecule has 3 heterocycles. The average Bonchev–Trinajstić information content (AvgIpc) is 3.39. The lowest BCUT2D eigenvalue weighted by Crippen LogP contribution is -2.39. The molecule has 9 heteroatoms. The maximum atomic E-state index is 13.1. The van der Waals surface area contributed by atoms with Crippen LogP contribution in [-0.2, 0) is 16.1 Å². The standard InChI is InChI=1S/C22H18ClN5O3/c1-12-6-8-14(9-7-12)20-24-17(13(2)31-20)11-27-19-18(25-26-27)21(29)28(22(19)30)16-5-3-4-15(23)10-16/h3-10,18-19H,11H2,1-2H3/t18-,19-/m0/s1. The zero-order chi connectivity index (χ0) is 21.7. The summed E-state index contributed by atoms with van der Waals surface area (Å²) >= 11 is 6.03. The molecule has 5 rings (SSSR count). The van der Waals surface area contributed by atoms with Crippen molar-refractivity contribution in [2.24, 2.45) is 10.3 Å². The van der Waals surface area contributed by atoms with Crippen molar-refractivity contribution in [2.75, 3.05) is 4.90 Å². The van der Waals surface area contributed by atoms with E-state index in [1.807, 2.05) is 38.1 Å². The number of benzene rings is 2. The molecule has 0 radical (unpaired) electrons. The van der Waals surface area contributed by atoms with E-state index in [0.29, 0.717) is 28.1 Å². The van der Waals surface area contributed by atoms with Gasteiger partial charge < -0.3 is 4.42 Å². The molecule has 1 saturated heterocycles. The Labute approximate surface area is 183 Å². The number of rotatable bonds is 4. The van der Waals surface area contributed by atoms with Crippen molar-refractivity contribution in [3.8, 4) is 11.5 Å². The van der Waals surface area contributed by atoms with Gasteiger partial charge in [-0.25, -0.2) is 9.88 Å². The number of oxazole rings is 1. The van der Waals surface area contributed by atoms with Gasteiger partial charge in [0.1, 0.15) is 11.5 Å². The van der Waals surface area contributed by atoms with E-state index < -0.39 is 18.0 Å². The Morgan fingerprint density at radius 3 is 2.58 bits per heavy atom. The predicted octanol–water partition coefficient (Wildman–Crippen LogP) is 4.11. The summed E-state index contributed by atoms with van der Waals surface area (Å²) in [5, 5.41) is 10.1. The summed E-state index contributed by atoms with van der Waals surface area (Å²) in [4.78, 5) is 31.7. The highest BCUT2D eigenvalue weighted by molar-refractivity contribution is 6.31. The van der Waals surface area contributed by atoms with Crippen LogP contribution >= 0.6 is 11.6 Å². The van der Waals surface area contributed by atoms with Crippen LogP contribution in [0.3, 0.4) is 0 Å². The zero-order valence-corrected chi connectivity index (χ0v) is 17.6. The molecule has 0 saturated carbocycles. The van der Waals surface area contributed by atoms with Crippen LogP contribution < -0.4 is 4.90 Å². The first-order chi connectivity index (χ1) is 14.9. The summed E-state index contributed by atoms with van der Waals surface area (Å²) in [5.41, 5.74) is 3.06. The van der Waals surface area contributed by atoms with Crippen molar-refractivity contribution in [1.82, 2.24) is 9.99 Å². The molecule has 0 unspecified atom stereocenters.